The van der Waals surface area contributed by atoms with Crippen molar-refractivity contribution in [3.05, 3.63) is 126 Å². The minimum Gasteiger partial charge on any atom is -0.457 e. The topological polar surface area (TPSA) is 31.8 Å². The van der Waals surface area contributed by atoms with E-state index >= 15 is 0 Å². The lowest BCUT2D eigenvalue weighted by molar-refractivity contribution is 0.483. The van der Waals surface area contributed by atoms with Gasteiger partial charge >= 0.3 is 0 Å². The minimum atomic E-state index is 0.0121. The van der Waals surface area contributed by atoms with Crippen LogP contribution in [0.1, 0.15) is 37.5 Å². The van der Waals surface area contributed by atoms with Crippen LogP contribution in [0.5, 0.6) is 11.5 Å². The Morgan fingerprint density at radius 1 is 0.714 bits per heavy atom. The second kappa shape index (κ2) is 10.9. The summed E-state index contributed by atoms with van der Waals surface area (Å²) in [5.74, 6) is 2.43. The molecule has 212 valence electrons. The highest BCUT2D eigenvalue weighted by Gasteiger charge is 2.26. The third-order valence-corrected chi connectivity index (χ3v) is 7.94. The summed E-state index contributed by atoms with van der Waals surface area (Å²) in [6.07, 6.45) is 1.90. The van der Waals surface area contributed by atoms with Crippen molar-refractivity contribution in [3.8, 4) is 11.5 Å². The quantitative estimate of drug-likeness (QED) is 0.209. The van der Waals surface area contributed by atoms with Gasteiger partial charge in [-0.1, -0.05) is 51.1 Å². The summed E-state index contributed by atoms with van der Waals surface area (Å²) < 4.78 is 6.49. The number of rotatable bonds is 6. The third kappa shape index (κ3) is 5.42. The molecule has 0 saturated heterocycles. The van der Waals surface area contributed by atoms with E-state index in [1.807, 2.05) is 30.5 Å². The fourth-order valence-corrected chi connectivity index (χ4v) is 5.43. The van der Waals surface area contributed by atoms with Crippen LogP contribution in [0.25, 0.3) is 0 Å². The molecule has 5 nitrogen and oxygen atoms in total. The van der Waals surface area contributed by atoms with Gasteiger partial charge in [0, 0.05) is 36.8 Å². The standard InChI is InChI=1S/C37H38N4O/c1-26-20-34-35(21-27(26)2)40(25-39(34)6)30-14-10-16-32(23-30)42-33-17-11-15-31(24-33)41(29-12-8-7-9-13-29)36-22-28(18-19-38-36)37(3,4)5/h7-24H,25H2,1-6H3. The number of para-hydroxylation sites is 1. The molecular weight excluding hydrogens is 516 g/mol. The van der Waals surface area contributed by atoms with Crippen molar-refractivity contribution >= 4 is 34.3 Å². The van der Waals surface area contributed by atoms with Crippen molar-refractivity contribution in [1.82, 2.24) is 4.98 Å². The normalized spacial score (nSPS) is 12.8. The van der Waals surface area contributed by atoms with E-state index in [0.29, 0.717) is 0 Å². The molecule has 0 amide bonds. The summed E-state index contributed by atoms with van der Waals surface area (Å²) in [5.41, 5.74) is 9.45. The van der Waals surface area contributed by atoms with E-state index in [4.69, 9.17) is 9.72 Å². The molecule has 5 heteroatoms. The van der Waals surface area contributed by atoms with E-state index in [2.05, 4.69) is 135 Å². The lowest BCUT2D eigenvalue weighted by Gasteiger charge is -2.27. The van der Waals surface area contributed by atoms with E-state index < -0.39 is 0 Å². The first-order valence-electron chi connectivity index (χ1n) is 14.5. The van der Waals surface area contributed by atoms with Crippen LogP contribution in [0.15, 0.2) is 109 Å². The lowest BCUT2D eigenvalue weighted by Crippen LogP contribution is -2.23. The number of nitrogens with zero attached hydrogens (tertiary/aromatic N) is 4. The summed E-state index contributed by atoms with van der Waals surface area (Å²) in [7, 11) is 2.14. The summed E-state index contributed by atoms with van der Waals surface area (Å²) in [4.78, 5) is 11.6. The molecule has 1 aliphatic rings. The van der Waals surface area contributed by atoms with Crippen LogP contribution in [0.3, 0.4) is 0 Å². The molecule has 5 aromatic rings. The first-order chi connectivity index (χ1) is 20.2. The van der Waals surface area contributed by atoms with Gasteiger partial charge in [-0.25, -0.2) is 4.98 Å². The molecule has 4 aromatic carbocycles. The Morgan fingerprint density at radius 3 is 2.12 bits per heavy atom. The number of benzene rings is 4. The van der Waals surface area contributed by atoms with Crippen LogP contribution in [-0.2, 0) is 5.41 Å². The molecule has 0 fully saturated rings. The smallest absolute Gasteiger partial charge is 0.137 e. The zero-order valence-corrected chi connectivity index (χ0v) is 25.3. The molecule has 0 aliphatic carbocycles. The van der Waals surface area contributed by atoms with E-state index in [1.165, 1.54) is 28.1 Å². The van der Waals surface area contributed by atoms with Crippen LogP contribution < -0.4 is 19.4 Å². The van der Waals surface area contributed by atoms with E-state index in [1.54, 1.807) is 0 Å². The monoisotopic (exact) mass is 554 g/mol. The van der Waals surface area contributed by atoms with Crippen molar-refractivity contribution in [2.24, 2.45) is 0 Å². The van der Waals surface area contributed by atoms with Gasteiger partial charge in [0.25, 0.3) is 0 Å². The first-order valence-corrected chi connectivity index (χ1v) is 14.5. The Kier molecular flexibility index (Phi) is 7.11. The van der Waals surface area contributed by atoms with Gasteiger partial charge in [0.2, 0.25) is 0 Å². The lowest BCUT2D eigenvalue weighted by atomic mass is 9.88. The largest absolute Gasteiger partial charge is 0.457 e. The number of ether oxygens (including phenoxy) is 1. The van der Waals surface area contributed by atoms with Crippen LogP contribution in [-0.4, -0.2) is 18.7 Å². The van der Waals surface area contributed by atoms with E-state index in [0.717, 1.165) is 41.0 Å². The predicted molar refractivity (Wildman–Crippen MR) is 175 cm³/mol. The summed E-state index contributed by atoms with van der Waals surface area (Å²) >= 11 is 0. The zero-order valence-electron chi connectivity index (χ0n) is 25.3. The van der Waals surface area contributed by atoms with Crippen molar-refractivity contribution < 1.29 is 4.74 Å². The zero-order chi connectivity index (χ0) is 29.4. The SMILES string of the molecule is Cc1cc2c(cc1C)N(c1cccc(Oc3cccc(N(c4ccccc4)c4cc(C(C)(C)C)ccn4)c3)c1)CN2C. The van der Waals surface area contributed by atoms with Gasteiger partial charge < -0.3 is 14.5 Å². The number of anilines is 6. The fourth-order valence-electron chi connectivity index (χ4n) is 5.43. The molecule has 1 aromatic heterocycles. The minimum absolute atomic E-state index is 0.0121. The molecule has 0 saturated carbocycles. The van der Waals surface area contributed by atoms with Gasteiger partial charge in [0.05, 0.1) is 23.7 Å². The molecule has 0 radical (unpaired) electrons. The second-order valence-electron chi connectivity index (χ2n) is 12.1. The van der Waals surface area contributed by atoms with Gasteiger partial charge in [-0.15, -0.1) is 0 Å². The number of hydrogen-bond acceptors (Lipinski definition) is 5. The maximum absolute atomic E-state index is 6.49. The molecule has 0 N–H and O–H groups in total. The highest BCUT2D eigenvalue weighted by molar-refractivity contribution is 5.83. The Balaban J connectivity index is 1.33. The molecule has 0 atom stereocenters. The average molecular weight is 555 g/mol. The maximum Gasteiger partial charge on any atom is 0.137 e. The summed E-state index contributed by atoms with van der Waals surface area (Å²) in [6.45, 7) is 11.8. The fraction of sp³-hybridized carbons (Fsp3) is 0.216. The number of fused-ring (bicyclic) bond motifs is 1. The Morgan fingerprint density at radius 2 is 1.38 bits per heavy atom. The Hall–Kier alpha value is -4.77. The molecule has 1 aliphatic heterocycles. The van der Waals surface area contributed by atoms with E-state index in [9.17, 15) is 0 Å². The van der Waals surface area contributed by atoms with Crippen LogP contribution in [0.4, 0.5) is 34.3 Å². The molecule has 2 heterocycles. The summed E-state index contributed by atoms with van der Waals surface area (Å²) in [6, 6.07) is 35.8. The molecule has 0 unspecified atom stereocenters. The summed E-state index contributed by atoms with van der Waals surface area (Å²) in [5, 5.41) is 0. The maximum atomic E-state index is 6.49. The third-order valence-electron chi connectivity index (χ3n) is 7.94. The molecule has 42 heavy (non-hydrogen) atoms. The first kappa shape index (κ1) is 27.4. The highest BCUT2D eigenvalue weighted by Crippen LogP contribution is 2.43. The van der Waals surface area contributed by atoms with Gasteiger partial charge in [0.1, 0.15) is 17.3 Å². The van der Waals surface area contributed by atoms with Crippen molar-refractivity contribution in [1.29, 1.82) is 0 Å². The number of aromatic nitrogens is 1. The van der Waals surface area contributed by atoms with E-state index in [-0.39, 0.29) is 5.41 Å². The predicted octanol–water partition coefficient (Wildman–Crippen LogP) is 9.80. The van der Waals surface area contributed by atoms with Crippen molar-refractivity contribution in [2.75, 3.05) is 28.4 Å². The Bertz CT molecular complexity index is 1720. The van der Waals surface area contributed by atoms with Crippen molar-refractivity contribution in [3.63, 3.8) is 0 Å². The molecule has 0 bridgehead atoms. The molecular formula is C37H38N4O. The van der Waals surface area contributed by atoms with Gasteiger partial charge in [-0.05, 0) is 96.6 Å². The van der Waals surface area contributed by atoms with Crippen molar-refractivity contribution in [2.45, 2.75) is 40.0 Å². The van der Waals surface area contributed by atoms with Crippen LogP contribution in [0, 0.1) is 13.8 Å². The van der Waals surface area contributed by atoms with Gasteiger partial charge in [0.15, 0.2) is 0 Å². The number of aryl methyl sites for hydroxylation is 2. The van der Waals surface area contributed by atoms with Gasteiger partial charge in [-0.2, -0.15) is 0 Å². The molecule has 6 rings (SSSR count). The van der Waals surface area contributed by atoms with Crippen LogP contribution >= 0.6 is 0 Å². The Labute approximate surface area is 249 Å². The van der Waals surface area contributed by atoms with Gasteiger partial charge in [-0.3, -0.25) is 4.90 Å². The molecule has 0 spiro atoms. The number of pyridine rings is 1. The highest BCUT2D eigenvalue weighted by atomic mass is 16.5. The average Bonchev–Trinajstić information content (AvgIpc) is 3.29. The number of hydrogen-bond donors (Lipinski definition) is 0. The van der Waals surface area contributed by atoms with Crippen LogP contribution in [0.2, 0.25) is 0 Å². The second-order valence-corrected chi connectivity index (χ2v) is 12.1.